The molecule has 0 N–H and O–H groups in total. The molecule has 0 aromatic heterocycles. The van der Waals surface area contributed by atoms with Crippen LogP contribution in [0.2, 0.25) is 0 Å². The molecule has 0 amide bonds. The molecule has 11 heteroatoms. The molecule has 0 aromatic rings. The van der Waals surface area contributed by atoms with E-state index >= 15 is 0 Å². The molecule has 0 fully saturated rings. The fourth-order valence-electron chi connectivity index (χ4n) is 0.533. The average molecular weight is 330 g/mol. The molecule has 0 bridgehead atoms. The van der Waals surface area contributed by atoms with Crippen LogP contribution in [-0.2, 0) is 9.59 Å². The molecule has 0 radical (unpaired) electrons. The maximum atomic E-state index is 11.3. The van der Waals surface area contributed by atoms with Crippen LogP contribution in [0.1, 0.15) is 13.8 Å². The number of rotatable bonds is 2. The van der Waals surface area contributed by atoms with E-state index in [1.807, 2.05) is 0 Å². The summed E-state index contributed by atoms with van der Waals surface area (Å²) in [5, 5.41) is 19.8. The predicted molar refractivity (Wildman–Crippen MR) is 55.4 cm³/mol. The van der Waals surface area contributed by atoms with E-state index in [9.17, 15) is 46.1 Å². The minimum Gasteiger partial charge on any atom is -0.876 e. The number of carbonyl (C=O) groups excluding carboxylic acids is 2. The number of ketones is 2. The Labute approximate surface area is 131 Å². The van der Waals surface area contributed by atoms with Gasteiger partial charge in [-0.2, -0.15) is 26.3 Å². The van der Waals surface area contributed by atoms with Crippen molar-refractivity contribution in [2.24, 2.45) is 0 Å². The number of carbonyl (C=O) groups is 2. The quantitative estimate of drug-likeness (QED) is 0.317. The van der Waals surface area contributed by atoms with Gasteiger partial charge < -0.3 is 10.2 Å². The first-order valence-corrected chi connectivity index (χ1v) is 4.61. The first-order valence-electron chi connectivity index (χ1n) is 4.61. The summed E-state index contributed by atoms with van der Waals surface area (Å²) in [5.74, 6) is -6.02. The minimum absolute atomic E-state index is 0. The van der Waals surface area contributed by atoms with Gasteiger partial charge in [0.15, 0.2) is 0 Å². The topological polar surface area (TPSA) is 80.3 Å². The van der Waals surface area contributed by atoms with E-state index in [1.165, 1.54) is 0 Å². The molecule has 0 aliphatic carbocycles. The monoisotopic (exact) mass is 330 g/mol. The zero-order chi connectivity index (χ0) is 16.7. The molecule has 21 heavy (non-hydrogen) atoms. The number of allylic oxidation sites excluding steroid dienone is 4. The van der Waals surface area contributed by atoms with Gasteiger partial charge in [-0.15, -0.1) is 11.5 Å². The molecule has 0 rings (SSSR count). The van der Waals surface area contributed by atoms with Crippen molar-refractivity contribution in [2.45, 2.75) is 26.2 Å². The summed E-state index contributed by atoms with van der Waals surface area (Å²) >= 11 is 0. The molecular weight excluding hydrogens is 322 g/mol. The fraction of sp³-hybridized carbons (Fsp3) is 0.400. The van der Waals surface area contributed by atoms with Gasteiger partial charge in [0, 0.05) is 0 Å². The third kappa shape index (κ3) is 15.0. The summed E-state index contributed by atoms with van der Waals surface area (Å²) in [5.41, 5.74) is 0. The summed E-state index contributed by atoms with van der Waals surface area (Å²) < 4.78 is 67.7. The average Bonchev–Trinajstić information content (AvgIpc) is 2.13. The molecular formula is C10H8F6MgO4. The molecule has 0 saturated carbocycles. The van der Waals surface area contributed by atoms with Crippen molar-refractivity contribution in [1.82, 2.24) is 0 Å². The standard InChI is InChI=1S/2C5H5F3O2.Mg/c2*1-3(9)2-4(10)5(6,7)8;/h2*2,9H,1H3;/q;;+2/p-2/b2*3-2-;. The third-order valence-corrected chi connectivity index (χ3v) is 1.23. The molecule has 0 aliphatic heterocycles. The van der Waals surface area contributed by atoms with Gasteiger partial charge in [-0.1, -0.05) is 13.8 Å². The Balaban J connectivity index is -0.000000295. The number of hydrogen-bond donors (Lipinski definition) is 0. The summed E-state index contributed by atoms with van der Waals surface area (Å²) in [6.07, 6.45) is -9.82. The second-order valence-corrected chi connectivity index (χ2v) is 3.23. The second-order valence-electron chi connectivity index (χ2n) is 3.23. The van der Waals surface area contributed by atoms with Crippen molar-refractivity contribution in [1.29, 1.82) is 0 Å². The van der Waals surface area contributed by atoms with Gasteiger partial charge in [-0.3, -0.25) is 9.59 Å². The number of hydrogen-bond acceptors (Lipinski definition) is 4. The number of alkyl halides is 6. The van der Waals surface area contributed by atoms with Gasteiger partial charge >= 0.3 is 35.4 Å². The van der Waals surface area contributed by atoms with Crippen molar-refractivity contribution in [3.63, 3.8) is 0 Å². The molecule has 0 atom stereocenters. The Kier molecular flexibility index (Phi) is 11.4. The maximum absolute atomic E-state index is 11.3. The summed E-state index contributed by atoms with van der Waals surface area (Å²) in [4.78, 5) is 19.7. The van der Waals surface area contributed by atoms with Crippen molar-refractivity contribution >= 4 is 34.6 Å². The van der Waals surface area contributed by atoms with E-state index < -0.39 is 35.4 Å². The SMILES string of the molecule is C/C([O-])=C/C(=O)C(F)(F)F.C/C([O-])=C/C(=O)C(F)(F)F.[Mg+2]. The molecule has 0 aliphatic rings. The van der Waals surface area contributed by atoms with Crippen LogP contribution in [0.25, 0.3) is 0 Å². The smallest absolute Gasteiger partial charge is 0.876 e. The molecule has 0 unspecified atom stereocenters. The van der Waals surface area contributed by atoms with E-state index in [-0.39, 0.29) is 35.2 Å². The largest absolute Gasteiger partial charge is 2.00 e. The second kappa shape index (κ2) is 9.66. The van der Waals surface area contributed by atoms with E-state index in [0.717, 1.165) is 13.8 Å². The summed E-state index contributed by atoms with van der Waals surface area (Å²) in [7, 11) is 0. The Morgan fingerprint density at radius 1 is 0.762 bits per heavy atom. The van der Waals surface area contributed by atoms with Crippen LogP contribution < -0.4 is 10.2 Å². The van der Waals surface area contributed by atoms with Crippen LogP contribution in [0.3, 0.4) is 0 Å². The van der Waals surface area contributed by atoms with Crippen molar-refractivity contribution < 1.29 is 46.1 Å². The predicted octanol–water partition coefficient (Wildman–Crippen LogP) is 0.383. The molecule has 116 valence electrons. The summed E-state index contributed by atoms with van der Waals surface area (Å²) in [6.45, 7) is 1.76. The molecule has 0 saturated heterocycles. The fourth-order valence-corrected chi connectivity index (χ4v) is 0.533. The first-order chi connectivity index (χ1) is 8.67. The van der Waals surface area contributed by atoms with E-state index in [2.05, 4.69) is 0 Å². The van der Waals surface area contributed by atoms with Gasteiger partial charge in [-0.05, 0) is 12.2 Å². The Morgan fingerprint density at radius 3 is 1.00 bits per heavy atom. The first kappa shape index (κ1) is 24.8. The van der Waals surface area contributed by atoms with Crippen molar-refractivity contribution in [3.8, 4) is 0 Å². The van der Waals surface area contributed by atoms with Gasteiger partial charge in [0.05, 0.1) is 0 Å². The van der Waals surface area contributed by atoms with Crippen LogP contribution in [0.4, 0.5) is 26.3 Å². The van der Waals surface area contributed by atoms with Crippen molar-refractivity contribution in [3.05, 3.63) is 23.7 Å². The Bertz CT molecular complexity index is 374. The maximum Gasteiger partial charge on any atom is 2.00 e. The molecule has 0 spiro atoms. The zero-order valence-electron chi connectivity index (χ0n) is 10.8. The van der Waals surface area contributed by atoms with E-state index in [0.29, 0.717) is 0 Å². The van der Waals surface area contributed by atoms with Gasteiger partial charge in [-0.25, -0.2) is 0 Å². The summed E-state index contributed by atoms with van der Waals surface area (Å²) in [6, 6.07) is 0. The molecule has 0 heterocycles. The van der Waals surface area contributed by atoms with Crippen LogP contribution in [-0.4, -0.2) is 47.0 Å². The zero-order valence-corrected chi connectivity index (χ0v) is 12.2. The third-order valence-electron chi connectivity index (χ3n) is 1.23. The van der Waals surface area contributed by atoms with Crippen LogP contribution in [0.5, 0.6) is 0 Å². The Morgan fingerprint density at radius 2 is 0.952 bits per heavy atom. The van der Waals surface area contributed by atoms with Gasteiger partial charge in [0.1, 0.15) is 0 Å². The minimum atomic E-state index is -4.92. The van der Waals surface area contributed by atoms with Gasteiger partial charge in [0.25, 0.3) is 11.6 Å². The van der Waals surface area contributed by atoms with Crippen LogP contribution >= 0.6 is 0 Å². The number of halogens is 6. The van der Waals surface area contributed by atoms with Crippen LogP contribution in [0, 0.1) is 0 Å². The molecule has 4 nitrogen and oxygen atoms in total. The van der Waals surface area contributed by atoms with Crippen molar-refractivity contribution in [2.75, 3.05) is 0 Å². The van der Waals surface area contributed by atoms with E-state index in [1.54, 1.807) is 0 Å². The normalized spacial score (nSPS) is 12.8. The van der Waals surface area contributed by atoms with E-state index in [4.69, 9.17) is 0 Å². The molecule has 0 aromatic carbocycles. The van der Waals surface area contributed by atoms with Gasteiger partial charge in [0.2, 0.25) is 0 Å². The Hall–Kier alpha value is -1.23. The van der Waals surface area contributed by atoms with Crippen LogP contribution in [0.15, 0.2) is 23.7 Å².